The van der Waals surface area contributed by atoms with Gasteiger partial charge in [0.25, 0.3) is 0 Å². The Balaban J connectivity index is 0.000000269. The molecule has 164 valence electrons. The number of imidazole rings is 1. The van der Waals surface area contributed by atoms with Crippen LogP contribution in [-0.2, 0) is 13.0 Å². The zero-order valence-electron chi connectivity index (χ0n) is 18.5. The van der Waals surface area contributed by atoms with Crippen LogP contribution in [0.25, 0.3) is 0 Å². The molecule has 30 heavy (non-hydrogen) atoms. The number of nitrogens with zero attached hydrogens (tertiary/aromatic N) is 3. The molecule has 6 nitrogen and oxygen atoms in total. The monoisotopic (exact) mass is 476 g/mol. The highest BCUT2D eigenvalue weighted by atomic mass is 79.9. The summed E-state index contributed by atoms with van der Waals surface area (Å²) >= 11 is 3.64. The van der Waals surface area contributed by atoms with E-state index in [0.29, 0.717) is 24.4 Å². The average molecular weight is 477 g/mol. The first kappa shape index (κ1) is 22.8. The van der Waals surface area contributed by atoms with Crippen molar-refractivity contribution in [1.29, 1.82) is 0 Å². The largest absolute Gasteiger partial charge is 0.477 e. The van der Waals surface area contributed by atoms with Crippen molar-refractivity contribution in [2.75, 3.05) is 24.5 Å². The van der Waals surface area contributed by atoms with Gasteiger partial charge < -0.3 is 19.9 Å². The number of aromatic nitrogens is 2. The maximum atomic E-state index is 11.5. The zero-order chi connectivity index (χ0) is 21.8. The fourth-order valence-electron chi connectivity index (χ4n) is 4.20. The summed E-state index contributed by atoms with van der Waals surface area (Å²) in [4.78, 5) is 18.2. The number of anilines is 2. The Kier molecular flexibility index (Phi) is 7.58. The van der Waals surface area contributed by atoms with Crippen molar-refractivity contribution < 1.29 is 9.90 Å². The summed E-state index contributed by atoms with van der Waals surface area (Å²) in [5.74, 6) is 0.842. The van der Waals surface area contributed by atoms with Crippen LogP contribution < -0.4 is 10.2 Å². The van der Waals surface area contributed by atoms with Crippen LogP contribution in [-0.4, -0.2) is 40.3 Å². The minimum atomic E-state index is -0.905. The SMILES string of the molecule is CCNCC1CCC1.CCc1nc2n(c1C(=O)O)CCN2c1c(C)cc(C)cc1Br. The molecule has 2 heterocycles. The zero-order valence-corrected chi connectivity index (χ0v) is 20.0. The summed E-state index contributed by atoms with van der Waals surface area (Å²) in [6, 6.07) is 4.21. The molecule has 1 aliphatic heterocycles. The standard InChI is InChI=1S/C16H18BrN3O2.C7H15N/c1-4-12-14(15(21)22)20-6-5-19(16(20)18-12)13-10(3)7-9(2)8-11(13)17;1-2-8-6-7-4-3-5-7/h7-8H,4-6H2,1-3H3,(H,21,22);7-8H,2-6H2,1H3. The molecule has 0 amide bonds. The molecule has 2 aromatic rings. The van der Waals surface area contributed by atoms with E-state index in [1.165, 1.54) is 31.4 Å². The van der Waals surface area contributed by atoms with Gasteiger partial charge in [-0.25, -0.2) is 9.78 Å². The molecule has 0 atom stereocenters. The van der Waals surface area contributed by atoms with E-state index in [0.717, 1.165) is 40.7 Å². The Hall–Kier alpha value is -1.86. The quantitative estimate of drug-likeness (QED) is 0.608. The summed E-state index contributed by atoms with van der Waals surface area (Å²) in [5.41, 5.74) is 4.37. The van der Waals surface area contributed by atoms with Gasteiger partial charge in [-0.05, 0) is 85.2 Å². The predicted molar refractivity (Wildman–Crippen MR) is 125 cm³/mol. The van der Waals surface area contributed by atoms with Gasteiger partial charge in [0.15, 0.2) is 5.69 Å². The van der Waals surface area contributed by atoms with Crippen LogP contribution in [0.1, 0.15) is 60.4 Å². The van der Waals surface area contributed by atoms with Crippen molar-refractivity contribution in [3.8, 4) is 0 Å². The van der Waals surface area contributed by atoms with E-state index in [1.54, 1.807) is 0 Å². The molecule has 1 aromatic carbocycles. The van der Waals surface area contributed by atoms with Gasteiger partial charge in [0, 0.05) is 17.6 Å². The maximum absolute atomic E-state index is 11.5. The molecule has 1 aliphatic carbocycles. The molecule has 7 heteroatoms. The number of hydrogen-bond acceptors (Lipinski definition) is 4. The fourth-order valence-corrected chi connectivity index (χ4v) is 5.09. The highest BCUT2D eigenvalue weighted by Gasteiger charge is 2.31. The Bertz CT molecular complexity index is 882. The van der Waals surface area contributed by atoms with Crippen molar-refractivity contribution >= 4 is 33.5 Å². The van der Waals surface area contributed by atoms with Crippen molar-refractivity contribution in [2.24, 2.45) is 5.92 Å². The van der Waals surface area contributed by atoms with Crippen molar-refractivity contribution in [3.05, 3.63) is 39.1 Å². The van der Waals surface area contributed by atoms with Crippen LogP contribution >= 0.6 is 15.9 Å². The van der Waals surface area contributed by atoms with Gasteiger partial charge in [-0.3, -0.25) is 0 Å². The number of carbonyl (C=O) groups is 1. The van der Waals surface area contributed by atoms with E-state index in [9.17, 15) is 9.90 Å². The first-order valence-corrected chi connectivity index (χ1v) is 11.7. The lowest BCUT2D eigenvalue weighted by molar-refractivity contribution is 0.0684. The van der Waals surface area contributed by atoms with E-state index in [4.69, 9.17) is 0 Å². The van der Waals surface area contributed by atoms with Crippen LogP contribution in [0.3, 0.4) is 0 Å². The molecule has 0 unspecified atom stereocenters. The van der Waals surface area contributed by atoms with E-state index in [1.807, 2.05) is 11.5 Å². The van der Waals surface area contributed by atoms with E-state index in [2.05, 4.69) is 64.0 Å². The third-order valence-corrected chi connectivity index (χ3v) is 6.53. The summed E-state index contributed by atoms with van der Waals surface area (Å²) in [7, 11) is 0. The van der Waals surface area contributed by atoms with Crippen LogP contribution in [0.15, 0.2) is 16.6 Å². The second kappa shape index (κ2) is 9.96. The number of carboxylic acid groups (broad SMARTS) is 1. The lowest BCUT2D eigenvalue weighted by Crippen LogP contribution is -2.26. The van der Waals surface area contributed by atoms with Gasteiger partial charge >= 0.3 is 5.97 Å². The molecule has 1 aromatic heterocycles. The van der Waals surface area contributed by atoms with Gasteiger partial charge in [-0.15, -0.1) is 0 Å². The predicted octanol–water partition coefficient (Wildman–Crippen LogP) is 5.07. The number of carboxylic acids is 1. The molecule has 1 fully saturated rings. The minimum absolute atomic E-state index is 0.320. The number of rotatable bonds is 6. The number of benzene rings is 1. The number of fused-ring (bicyclic) bond motifs is 1. The van der Waals surface area contributed by atoms with E-state index in [-0.39, 0.29) is 0 Å². The summed E-state index contributed by atoms with van der Waals surface area (Å²) in [6.45, 7) is 12.0. The number of hydrogen-bond donors (Lipinski definition) is 2. The van der Waals surface area contributed by atoms with E-state index < -0.39 is 5.97 Å². The Labute approximate surface area is 187 Å². The molecule has 2 N–H and O–H groups in total. The molecule has 4 rings (SSSR count). The summed E-state index contributed by atoms with van der Waals surface area (Å²) in [5, 5.41) is 12.8. The highest BCUT2D eigenvalue weighted by molar-refractivity contribution is 9.10. The molecule has 1 saturated carbocycles. The second-order valence-electron chi connectivity index (χ2n) is 8.19. The van der Waals surface area contributed by atoms with Crippen molar-refractivity contribution in [3.63, 3.8) is 0 Å². The summed E-state index contributed by atoms with van der Waals surface area (Å²) < 4.78 is 2.82. The summed E-state index contributed by atoms with van der Waals surface area (Å²) in [6.07, 6.45) is 5.01. The lowest BCUT2D eigenvalue weighted by Gasteiger charge is -2.24. The number of halogens is 1. The Morgan fingerprint density at radius 1 is 1.27 bits per heavy atom. The maximum Gasteiger partial charge on any atom is 0.354 e. The van der Waals surface area contributed by atoms with Crippen LogP contribution in [0.5, 0.6) is 0 Å². The van der Waals surface area contributed by atoms with Gasteiger partial charge in [0.05, 0.1) is 11.4 Å². The number of nitrogens with one attached hydrogen (secondary N) is 1. The molecule has 2 aliphatic rings. The molecule has 0 bridgehead atoms. The molecule has 0 saturated heterocycles. The van der Waals surface area contributed by atoms with Crippen molar-refractivity contribution in [2.45, 2.75) is 59.9 Å². The van der Waals surface area contributed by atoms with Gasteiger partial charge in [-0.1, -0.05) is 26.3 Å². The van der Waals surface area contributed by atoms with Crippen LogP contribution in [0.4, 0.5) is 11.6 Å². The van der Waals surface area contributed by atoms with Gasteiger partial charge in [0.2, 0.25) is 5.95 Å². The smallest absolute Gasteiger partial charge is 0.354 e. The molecule has 0 radical (unpaired) electrons. The topological polar surface area (TPSA) is 70.4 Å². The molecule has 0 spiro atoms. The fraction of sp³-hybridized carbons (Fsp3) is 0.565. The first-order valence-electron chi connectivity index (χ1n) is 10.9. The highest BCUT2D eigenvalue weighted by Crippen LogP contribution is 2.39. The van der Waals surface area contributed by atoms with E-state index >= 15 is 0 Å². The van der Waals surface area contributed by atoms with Gasteiger partial charge in [-0.2, -0.15) is 0 Å². The number of aromatic carboxylic acids is 1. The number of aryl methyl sites for hydroxylation is 3. The van der Waals surface area contributed by atoms with Gasteiger partial charge in [0.1, 0.15) is 0 Å². The van der Waals surface area contributed by atoms with Crippen LogP contribution in [0, 0.1) is 19.8 Å². The third-order valence-electron chi connectivity index (χ3n) is 5.92. The lowest BCUT2D eigenvalue weighted by atomic mass is 9.85. The third kappa shape index (κ3) is 4.72. The Morgan fingerprint density at radius 3 is 2.53 bits per heavy atom. The van der Waals surface area contributed by atoms with Crippen LogP contribution in [0.2, 0.25) is 0 Å². The van der Waals surface area contributed by atoms with Crippen molar-refractivity contribution in [1.82, 2.24) is 14.9 Å². The normalized spacial score (nSPS) is 15.4. The minimum Gasteiger partial charge on any atom is -0.477 e. The Morgan fingerprint density at radius 2 is 2.00 bits per heavy atom. The molecular weight excluding hydrogens is 444 g/mol. The second-order valence-corrected chi connectivity index (χ2v) is 9.04. The molecular formula is C23H33BrN4O2. The average Bonchev–Trinajstić information content (AvgIpc) is 3.19. The first-order chi connectivity index (χ1) is 14.4.